The van der Waals surface area contributed by atoms with Gasteiger partial charge in [-0.05, 0) is 37.3 Å². The van der Waals surface area contributed by atoms with Gasteiger partial charge in [0.15, 0.2) is 0 Å². The Labute approximate surface area is 156 Å². The number of rotatable bonds is 5. The van der Waals surface area contributed by atoms with Crippen molar-refractivity contribution in [1.29, 1.82) is 0 Å². The van der Waals surface area contributed by atoms with Crippen molar-refractivity contribution in [2.75, 3.05) is 26.2 Å². The molecule has 2 amide bonds. The molecule has 2 fully saturated rings. The van der Waals surface area contributed by atoms with Gasteiger partial charge in [0.05, 0.1) is 0 Å². The average molecular weight is 357 g/mol. The molecule has 2 aliphatic heterocycles. The van der Waals surface area contributed by atoms with Crippen molar-refractivity contribution in [2.24, 2.45) is 11.3 Å². The van der Waals surface area contributed by atoms with Crippen molar-refractivity contribution in [3.8, 4) is 0 Å². The van der Waals surface area contributed by atoms with E-state index in [0.29, 0.717) is 18.8 Å². The van der Waals surface area contributed by atoms with E-state index in [-0.39, 0.29) is 17.2 Å². The fraction of sp³-hybridized carbons (Fsp3) is 0.667. The second-order valence-electron chi connectivity index (χ2n) is 8.40. The number of carbonyl (C=O) groups excluding carboxylic acids is 2. The first-order valence-electron chi connectivity index (χ1n) is 9.93. The number of hydrogen-bond donors (Lipinski definition) is 0. The first kappa shape index (κ1) is 18.9. The van der Waals surface area contributed by atoms with Gasteiger partial charge in [-0.2, -0.15) is 0 Å². The Kier molecular flexibility index (Phi) is 5.94. The normalized spacial score (nSPS) is 23.7. The lowest BCUT2D eigenvalue weighted by Crippen LogP contribution is -2.55. The van der Waals surface area contributed by atoms with E-state index in [2.05, 4.69) is 23.7 Å². The molecule has 0 aliphatic carbocycles. The number of carbonyl (C=O) groups is 2. The maximum Gasteiger partial charge on any atom is 0.222 e. The maximum absolute atomic E-state index is 12.5. The summed E-state index contributed by atoms with van der Waals surface area (Å²) in [5.74, 6) is 0.913. The van der Waals surface area contributed by atoms with Gasteiger partial charge in [0.1, 0.15) is 0 Å². The van der Waals surface area contributed by atoms with E-state index in [9.17, 15) is 9.59 Å². The number of pyridine rings is 1. The summed E-state index contributed by atoms with van der Waals surface area (Å²) >= 11 is 0. The second-order valence-corrected chi connectivity index (χ2v) is 8.40. The largest absolute Gasteiger partial charge is 0.342 e. The molecule has 0 saturated carbocycles. The average Bonchev–Trinajstić information content (AvgIpc) is 2.63. The molecule has 1 spiro atoms. The minimum Gasteiger partial charge on any atom is -0.342 e. The molecule has 1 unspecified atom stereocenters. The lowest BCUT2D eigenvalue weighted by Gasteiger charge is -2.48. The number of aromatic nitrogens is 1. The first-order chi connectivity index (χ1) is 12.5. The molecule has 26 heavy (non-hydrogen) atoms. The third kappa shape index (κ3) is 4.63. The zero-order valence-corrected chi connectivity index (χ0v) is 16.1. The predicted molar refractivity (Wildman–Crippen MR) is 101 cm³/mol. The Morgan fingerprint density at radius 3 is 2.85 bits per heavy atom. The number of hydrogen-bond acceptors (Lipinski definition) is 3. The molecule has 1 atom stereocenters. The van der Waals surface area contributed by atoms with Gasteiger partial charge < -0.3 is 9.80 Å². The topological polar surface area (TPSA) is 53.5 Å². The van der Waals surface area contributed by atoms with Crippen LogP contribution in [-0.2, 0) is 16.0 Å². The van der Waals surface area contributed by atoms with Crippen LogP contribution in [0.25, 0.3) is 0 Å². The number of likely N-dealkylation sites (tertiary alicyclic amines) is 2. The molecule has 0 aromatic carbocycles. The molecule has 5 heteroatoms. The van der Waals surface area contributed by atoms with E-state index < -0.39 is 0 Å². The Hall–Kier alpha value is -1.91. The summed E-state index contributed by atoms with van der Waals surface area (Å²) in [6.45, 7) is 7.37. The number of amides is 2. The van der Waals surface area contributed by atoms with Crippen molar-refractivity contribution in [3.63, 3.8) is 0 Å². The highest BCUT2D eigenvalue weighted by Gasteiger charge is 2.42. The van der Waals surface area contributed by atoms with Gasteiger partial charge in [0.25, 0.3) is 0 Å². The van der Waals surface area contributed by atoms with Gasteiger partial charge >= 0.3 is 0 Å². The van der Waals surface area contributed by atoms with Crippen molar-refractivity contribution < 1.29 is 9.59 Å². The molecule has 0 bridgehead atoms. The second kappa shape index (κ2) is 8.19. The third-order valence-corrected chi connectivity index (χ3v) is 5.71. The molecule has 2 aliphatic rings. The Balaban J connectivity index is 1.62. The van der Waals surface area contributed by atoms with Crippen LogP contribution in [0, 0.1) is 11.3 Å². The van der Waals surface area contributed by atoms with Gasteiger partial charge in [-0.25, -0.2) is 0 Å². The number of nitrogens with zero attached hydrogens (tertiary/aromatic N) is 3. The van der Waals surface area contributed by atoms with E-state index in [0.717, 1.165) is 57.6 Å². The molecular weight excluding hydrogens is 326 g/mol. The van der Waals surface area contributed by atoms with E-state index in [1.54, 1.807) is 6.20 Å². The lowest BCUT2D eigenvalue weighted by atomic mass is 9.73. The Morgan fingerprint density at radius 2 is 2.12 bits per heavy atom. The molecule has 3 heterocycles. The van der Waals surface area contributed by atoms with Crippen molar-refractivity contribution in [3.05, 3.63) is 30.1 Å². The fourth-order valence-electron chi connectivity index (χ4n) is 4.33. The minimum absolute atomic E-state index is 0.0862. The Morgan fingerprint density at radius 1 is 1.27 bits per heavy atom. The quantitative estimate of drug-likeness (QED) is 0.814. The van der Waals surface area contributed by atoms with Crippen LogP contribution < -0.4 is 0 Å². The minimum atomic E-state index is 0.0862. The van der Waals surface area contributed by atoms with Crippen molar-refractivity contribution >= 4 is 11.8 Å². The lowest BCUT2D eigenvalue weighted by molar-refractivity contribution is -0.143. The highest BCUT2D eigenvalue weighted by atomic mass is 16.2. The highest BCUT2D eigenvalue weighted by molar-refractivity contribution is 5.78. The summed E-state index contributed by atoms with van der Waals surface area (Å²) in [7, 11) is 0. The van der Waals surface area contributed by atoms with Crippen molar-refractivity contribution in [1.82, 2.24) is 14.8 Å². The predicted octanol–water partition coefficient (Wildman–Crippen LogP) is 2.90. The summed E-state index contributed by atoms with van der Waals surface area (Å²) in [5.41, 5.74) is 1.11. The molecule has 0 N–H and O–H groups in total. The van der Waals surface area contributed by atoms with Crippen LogP contribution >= 0.6 is 0 Å². The van der Waals surface area contributed by atoms with E-state index >= 15 is 0 Å². The molecule has 2 saturated heterocycles. The van der Waals surface area contributed by atoms with Gasteiger partial charge in [-0.3, -0.25) is 14.6 Å². The first-order valence-corrected chi connectivity index (χ1v) is 9.93. The zero-order chi connectivity index (χ0) is 18.6. The van der Waals surface area contributed by atoms with Gasteiger partial charge in [-0.15, -0.1) is 0 Å². The summed E-state index contributed by atoms with van der Waals surface area (Å²) in [6, 6.07) is 5.91. The molecule has 1 aromatic heterocycles. The van der Waals surface area contributed by atoms with Crippen LogP contribution in [0.2, 0.25) is 0 Å². The van der Waals surface area contributed by atoms with Crippen LogP contribution in [0.4, 0.5) is 0 Å². The van der Waals surface area contributed by atoms with E-state index in [4.69, 9.17) is 0 Å². The Bertz CT molecular complexity index is 631. The number of piperidine rings is 2. The maximum atomic E-state index is 12.5. The summed E-state index contributed by atoms with van der Waals surface area (Å²) in [6.07, 6.45) is 6.90. The van der Waals surface area contributed by atoms with Crippen LogP contribution in [0.1, 0.15) is 51.6 Å². The molecular formula is C21H31N3O2. The van der Waals surface area contributed by atoms with E-state index in [1.165, 1.54) is 0 Å². The highest BCUT2D eigenvalue weighted by Crippen LogP contribution is 2.39. The summed E-state index contributed by atoms with van der Waals surface area (Å²) in [5, 5.41) is 0. The fourth-order valence-corrected chi connectivity index (χ4v) is 4.33. The van der Waals surface area contributed by atoms with Gasteiger partial charge in [-0.1, -0.05) is 19.9 Å². The molecule has 142 valence electrons. The van der Waals surface area contributed by atoms with Crippen LogP contribution in [0.3, 0.4) is 0 Å². The van der Waals surface area contributed by atoms with Crippen LogP contribution in [0.15, 0.2) is 24.4 Å². The van der Waals surface area contributed by atoms with Gasteiger partial charge in [0, 0.05) is 62.7 Å². The van der Waals surface area contributed by atoms with Crippen LogP contribution in [0.5, 0.6) is 0 Å². The summed E-state index contributed by atoms with van der Waals surface area (Å²) in [4.78, 5) is 33.4. The zero-order valence-electron chi connectivity index (χ0n) is 16.1. The van der Waals surface area contributed by atoms with E-state index in [1.807, 2.05) is 23.1 Å². The smallest absolute Gasteiger partial charge is 0.222 e. The van der Waals surface area contributed by atoms with Crippen LogP contribution in [-0.4, -0.2) is 52.8 Å². The SMILES string of the molecule is CC(C)CC(=O)N1CCCC2(CCC(=O)N(CCc3ccccn3)C2)C1. The monoisotopic (exact) mass is 357 g/mol. The molecule has 5 nitrogen and oxygen atoms in total. The third-order valence-electron chi connectivity index (χ3n) is 5.71. The molecule has 3 rings (SSSR count). The van der Waals surface area contributed by atoms with Crippen molar-refractivity contribution in [2.45, 2.75) is 52.4 Å². The van der Waals surface area contributed by atoms with Gasteiger partial charge in [0.2, 0.25) is 11.8 Å². The standard InChI is InChI=1S/C21H31N3O2/c1-17(2)14-20(26)23-12-5-9-21(15-23)10-7-19(25)24(16-21)13-8-18-6-3-4-11-22-18/h3-4,6,11,17H,5,7-10,12-16H2,1-2H3. The molecule has 0 radical (unpaired) electrons. The summed E-state index contributed by atoms with van der Waals surface area (Å²) < 4.78 is 0. The molecule has 1 aromatic rings.